The van der Waals surface area contributed by atoms with Crippen molar-refractivity contribution in [2.24, 2.45) is 0 Å². The fourth-order valence-corrected chi connectivity index (χ4v) is 2.65. The van der Waals surface area contributed by atoms with Crippen molar-refractivity contribution in [2.45, 2.75) is 20.3 Å². The van der Waals surface area contributed by atoms with Gasteiger partial charge in [-0.15, -0.1) is 0 Å². The number of aryl methyl sites for hydroxylation is 2. The van der Waals surface area contributed by atoms with Gasteiger partial charge in [0.2, 0.25) is 0 Å². The molecule has 1 aromatic heterocycles. The molecule has 23 heavy (non-hydrogen) atoms. The third-order valence-electron chi connectivity index (χ3n) is 4.00. The SMILES string of the molecule is Cc1cccc(C)c1Cc1cn(-c2ccc([N+](=O)[O-])cc2)cn1. The van der Waals surface area contributed by atoms with Crippen molar-refractivity contribution in [3.63, 3.8) is 0 Å². The predicted octanol–water partition coefficient (Wildman–Crippen LogP) is 3.99. The highest BCUT2D eigenvalue weighted by molar-refractivity contribution is 5.41. The summed E-state index contributed by atoms with van der Waals surface area (Å²) < 4.78 is 1.88. The Morgan fingerprint density at radius 2 is 1.74 bits per heavy atom. The van der Waals surface area contributed by atoms with Crippen LogP contribution in [0.5, 0.6) is 0 Å². The Morgan fingerprint density at radius 3 is 2.35 bits per heavy atom. The second-order valence-electron chi connectivity index (χ2n) is 5.59. The molecule has 5 nitrogen and oxygen atoms in total. The van der Waals surface area contributed by atoms with Crippen molar-refractivity contribution < 1.29 is 4.92 Å². The minimum atomic E-state index is -0.399. The van der Waals surface area contributed by atoms with Crippen LogP contribution in [0.1, 0.15) is 22.4 Å². The van der Waals surface area contributed by atoms with E-state index in [0.29, 0.717) is 0 Å². The van der Waals surface area contributed by atoms with Gasteiger partial charge in [-0.3, -0.25) is 10.1 Å². The van der Waals surface area contributed by atoms with Crippen molar-refractivity contribution >= 4 is 5.69 Å². The van der Waals surface area contributed by atoms with E-state index in [4.69, 9.17) is 0 Å². The lowest BCUT2D eigenvalue weighted by Crippen LogP contribution is -1.96. The highest BCUT2D eigenvalue weighted by Crippen LogP contribution is 2.19. The van der Waals surface area contributed by atoms with Crippen LogP contribution in [0.25, 0.3) is 5.69 Å². The van der Waals surface area contributed by atoms with Crippen molar-refractivity contribution in [1.29, 1.82) is 0 Å². The number of rotatable bonds is 4. The van der Waals surface area contributed by atoms with E-state index in [1.807, 2.05) is 10.8 Å². The molecule has 0 saturated carbocycles. The molecule has 5 heteroatoms. The smallest absolute Gasteiger partial charge is 0.269 e. The largest absolute Gasteiger partial charge is 0.306 e. The summed E-state index contributed by atoms with van der Waals surface area (Å²) in [7, 11) is 0. The highest BCUT2D eigenvalue weighted by Gasteiger charge is 2.08. The van der Waals surface area contributed by atoms with Gasteiger partial charge >= 0.3 is 0 Å². The fourth-order valence-electron chi connectivity index (χ4n) is 2.65. The van der Waals surface area contributed by atoms with Crippen LogP contribution in [0, 0.1) is 24.0 Å². The summed E-state index contributed by atoms with van der Waals surface area (Å²) in [6.07, 6.45) is 4.48. The van der Waals surface area contributed by atoms with Crippen molar-refractivity contribution in [3.05, 3.63) is 87.5 Å². The Labute approximate surface area is 134 Å². The summed E-state index contributed by atoms with van der Waals surface area (Å²) in [5.74, 6) is 0. The Morgan fingerprint density at radius 1 is 1.09 bits per heavy atom. The molecule has 0 atom stereocenters. The molecule has 0 radical (unpaired) electrons. The standard InChI is InChI=1S/C18H17N3O2/c1-13-4-3-5-14(2)18(13)10-15-11-20(12-19-15)16-6-8-17(9-7-16)21(22)23/h3-9,11-12H,10H2,1-2H3. The van der Waals surface area contributed by atoms with Crippen molar-refractivity contribution in [2.75, 3.05) is 0 Å². The lowest BCUT2D eigenvalue weighted by molar-refractivity contribution is -0.384. The van der Waals surface area contributed by atoms with Crippen LogP contribution >= 0.6 is 0 Å². The van der Waals surface area contributed by atoms with Crippen molar-refractivity contribution in [3.8, 4) is 5.69 Å². The number of hydrogen-bond donors (Lipinski definition) is 0. The quantitative estimate of drug-likeness (QED) is 0.541. The van der Waals surface area contributed by atoms with Gasteiger partial charge in [0.25, 0.3) is 5.69 Å². The molecule has 0 aliphatic heterocycles. The number of aromatic nitrogens is 2. The van der Waals surface area contributed by atoms with Crippen LogP contribution in [0.2, 0.25) is 0 Å². The summed E-state index contributed by atoms with van der Waals surface area (Å²) in [6, 6.07) is 12.7. The molecule has 0 fully saturated rings. The monoisotopic (exact) mass is 307 g/mol. The van der Waals surface area contributed by atoms with Gasteiger partial charge in [0.1, 0.15) is 0 Å². The normalized spacial score (nSPS) is 10.7. The van der Waals surface area contributed by atoms with Crippen LogP contribution in [0.4, 0.5) is 5.69 Å². The molecule has 0 amide bonds. The zero-order valence-corrected chi connectivity index (χ0v) is 13.1. The number of nitrogens with zero attached hydrogens (tertiary/aromatic N) is 3. The van der Waals surface area contributed by atoms with E-state index < -0.39 is 4.92 Å². The van der Waals surface area contributed by atoms with Crippen LogP contribution < -0.4 is 0 Å². The number of benzene rings is 2. The first-order valence-electron chi connectivity index (χ1n) is 7.37. The molecular weight excluding hydrogens is 290 g/mol. The number of nitro benzene ring substituents is 1. The van der Waals surface area contributed by atoms with E-state index in [1.165, 1.54) is 28.8 Å². The van der Waals surface area contributed by atoms with Gasteiger partial charge in [0.05, 0.1) is 16.9 Å². The van der Waals surface area contributed by atoms with Crippen molar-refractivity contribution in [1.82, 2.24) is 9.55 Å². The van der Waals surface area contributed by atoms with E-state index >= 15 is 0 Å². The third kappa shape index (κ3) is 3.13. The summed E-state index contributed by atoms with van der Waals surface area (Å²) >= 11 is 0. The number of imidazole rings is 1. The molecule has 0 bridgehead atoms. The maximum atomic E-state index is 10.7. The lowest BCUT2D eigenvalue weighted by atomic mass is 9.99. The maximum Gasteiger partial charge on any atom is 0.269 e. The molecule has 3 aromatic rings. The average molecular weight is 307 g/mol. The van der Waals surface area contributed by atoms with E-state index in [9.17, 15) is 10.1 Å². The zero-order chi connectivity index (χ0) is 16.4. The summed E-state index contributed by atoms with van der Waals surface area (Å²) in [6.45, 7) is 4.21. The minimum absolute atomic E-state index is 0.0876. The Bertz CT molecular complexity index is 831. The van der Waals surface area contributed by atoms with E-state index in [0.717, 1.165) is 17.8 Å². The topological polar surface area (TPSA) is 61.0 Å². The molecule has 0 unspecified atom stereocenters. The molecule has 0 N–H and O–H groups in total. The lowest BCUT2D eigenvalue weighted by Gasteiger charge is -2.07. The van der Waals surface area contributed by atoms with Gasteiger partial charge in [0, 0.05) is 30.4 Å². The minimum Gasteiger partial charge on any atom is -0.306 e. The van der Waals surface area contributed by atoms with E-state index in [-0.39, 0.29) is 5.69 Å². The third-order valence-corrected chi connectivity index (χ3v) is 4.00. The molecule has 2 aromatic carbocycles. The number of nitro groups is 1. The van der Waals surface area contributed by atoms with E-state index in [1.54, 1.807) is 18.5 Å². The molecule has 0 spiro atoms. The van der Waals surface area contributed by atoms with Gasteiger partial charge in [-0.2, -0.15) is 0 Å². The second kappa shape index (κ2) is 6.04. The van der Waals surface area contributed by atoms with Gasteiger partial charge in [-0.1, -0.05) is 18.2 Å². The van der Waals surface area contributed by atoms with Crippen LogP contribution in [0.15, 0.2) is 55.0 Å². The Balaban J connectivity index is 1.84. The number of hydrogen-bond acceptors (Lipinski definition) is 3. The molecular formula is C18H17N3O2. The van der Waals surface area contributed by atoms with Gasteiger partial charge < -0.3 is 4.57 Å². The molecule has 3 rings (SSSR count). The number of non-ortho nitro benzene ring substituents is 1. The molecule has 0 aliphatic rings. The molecule has 116 valence electrons. The molecule has 0 saturated heterocycles. The van der Waals surface area contributed by atoms with Crippen LogP contribution in [-0.2, 0) is 6.42 Å². The zero-order valence-electron chi connectivity index (χ0n) is 13.1. The first-order chi connectivity index (χ1) is 11.0. The van der Waals surface area contributed by atoms with Gasteiger partial charge in [0.15, 0.2) is 0 Å². The molecule has 1 heterocycles. The fraction of sp³-hybridized carbons (Fsp3) is 0.167. The van der Waals surface area contributed by atoms with Gasteiger partial charge in [-0.05, 0) is 42.7 Å². The highest BCUT2D eigenvalue weighted by atomic mass is 16.6. The predicted molar refractivity (Wildman–Crippen MR) is 88.9 cm³/mol. The average Bonchev–Trinajstić information content (AvgIpc) is 3.00. The van der Waals surface area contributed by atoms with Gasteiger partial charge in [-0.25, -0.2) is 4.98 Å². The maximum absolute atomic E-state index is 10.7. The van der Waals surface area contributed by atoms with E-state index in [2.05, 4.69) is 37.0 Å². The Kier molecular flexibility index (Phi) is 3.93. The first kappa shape index (κ1) is 15.0. The Hall–Kier alpha value is -2.95. The molecule has 0 aliphatic carbocycles. The second-order valence-corrected chi connectivity index (χ2v) is 5.59. The van der Waals surface area contributed by atoms with Crippen LogP contribution in [0.3, 0.4) is 0 Å². The van der Waals surface area contributed by atoms with Crippen LogP contribution in [-0.4, -0.2) is 14.5 Å². The first-order valence-corrected chi connectivity index (χ1v) is 7.37. The summed E-state index contributed by atoms with van der Waals surface area (Å²) in [5.41, 5.74) is 5.73. The summed E-state index contributed by atoms with van der Waals surface area (Å²) in [4.78, 5) is 14.8. The summed E-state index contributed by atoms with van der Waals surface area (Å²) in [5, 5.41) is 10.7.